The lowest BCUT2D eigenvalue weighted by molar-refractivity contribution is -0.128. The predicted molar refractivity (Wildman–Crippen MR) is 158 cm³/mol. The van der Waals surface area contributed by atoms with E-state index in [1.165, 1.54) is 27.8 Å². The molecule has 1 atom stereocenters. The van der Waals surface area contributed by atoms with E-state index >= 15 is 0 Å². The number of rotatable bonds is 3. The first kappa shape index (κ1) is 28.5. The molecule has 0 fully saturated rings. The molecule has 1 aromatic heterocycles. The van der Waals surface area contributed by atoms with Crippen molar-refractivity contribution in [2.75, 3.05) is 19.8 Å². The minimum absolute atomic E-state index is 0.0973. The number of carbonyl (C=O) groups excluding carboxylic acids is 2. The van der Waals surface area contributed by atoms with Crippen LogP contribution in [0, 0.1) is 6.92 Å². The second kappa shape index (κ2) is 13.1. The summed E-state index contributed by atoms with van der Waals surface area (Å²) in [5.74, 6) is 0.367. The van der Waals surface area contributed by atoms with E-state index in [1.807, 2.05) is 33.8 Å². The Kier molecular flexibility index (Phi) is 9.09. The molecule has 0 aliphatic carbocycles. The molecular formula is C33H38N4O4. The summed E-state index contributed by atoms with van der Waals surface area (Å²) >= 11 is 0. The van der Waals surface area contributed by atoms with E-state index < -0.39 is 0 Å². The summed E-state index contributed by atoms with van der Waals surface area (Å²) < 4.78 is 12.1. The van der Waals surface area contributed by atoms with Gasteiger partial charge in [-0.3, -0.25) is 9.59 Å². The number of nitrogens with zero attached hydrogens (tertiary/aromatic N) is 4. The summed E-state index contributed by atoms with van der Waals surface area (Å²) in [7, 11) is 0. The molecule has 5 aliphatic heterocycles. The lowest BCUT2D eigenvalue weighted by atomic mass is 9.84. The van der Waals surface area contributed by atoms with Crippen LogP contribution in [0.5, 0.6) is 0 Å². The van der Waals surface area contributed by atoms with Gasteiger partial charge in [0, 0.05) is 37.7 Å². The number of hydrogen-bond acceptors (Lipinski definition) is 6. The van der Waals surface area contributed by atoms with Crippen molar-refractivity contribution in [1.82, 2.24) is 19.9 Å². The number of benzene rings is 3. The first-order valence-corrected chi connectivity index (χ1v) is 14.5. The summed E-state index contributed by atoms with van der Waals surface area (Å²) in [6.07, 6.45) is 2.74. The normalized spacial score (nSPS) is 16.9. The third-order valence-corrected chi connectivity index (χ3v) is 8.06. The standard InChI is InChI=1S/C30H32N4O2.C3H6O2/c1-3-26-24-10-9-22-13-15-33(18-25(22)17-24)30(35)23-7-5-21(6-8-23)19-36-16-4-14-34-28-12-11-27(26)20(2)29(28)31-32-34;1-2-5-3-4/h5-12,17,26H,3-4,13-16,18-19H2,1-2H3;3H,2H2,1H3. The van der Waals surface area contributed by atoms with Gasteiger partial charge in [-0.15, -0.1) is 5.10 Å². The summed E-state index contributed by atoms with van der Waals surface area (Å²) in [5, 5.41) is 9.02. The second-order valence-electron chi connectivity index (χ2n) is 10.6. The number of aromatic nitrogens is 3. The molecule has 9 rings (SSSR count). The average molecular weight is 555 g/mol. The van der Waals surface area contributed by atoms with E-state index in [4.69, 9.17) is 4.74 Å². The molecule has 1 amide bonds. The van der Waals surface area contributed by atoms with E-state index in [1.54, 1.807) is 6.92 Å². The molecule has 8 nitrogen and oxygen atoms in total. The molecule has 4 aromatic rings. The highest BCUT2D eigenvalue weighted by Crippen LogP contribution is 2.35. The Morgan fingerprint density at radius 2 is 1.88 bits per heavy atom. The van der Waals surface area contributed by atoms with Gasteiger partial charge in [0.2, 0.25) is 0 Å². The highest BCUT2D eigenvalue weighted by Gasteiger charge is 2.24. The highest BCUT2D eigenvalue weighted by molar-refractivity contribution is 5.94. The van der Waals surface area contributed by atoms with Crippen LogP contribution >= 0.6 is 0 Å². The van der Waals surface area contributed by atoms with Gasteiger partial charge in [0.05, 0.1) is 18.7 Å². The monoisotopic (exact) mass is 554 g/mol. The molecule has 5 aliphatic rings. The molecule has 1 unspecified atom stereocenters. The Morgan fingerprint density at radius 1 is 1.05 bits per heavy atom. The lowest BCUT2D eigenvalue weighted by Gasteiger charge is -2.30. The van der Waals surface area contributed by atoms with E-state index in [9.17, 15) is 9.59 Å². The molecule has 6 heterocycles. The van der Waals surface area contributed by atoms with E-state index in [0.29, 0.717) is 32.8 Å². The molecule has 0 radical (unpaired) electrons. The highest BCUT2D eigenvalue weighted by atomic mass is 16.5. The second-order valence-corrected chi connectivity index (χ2v) is 10.6. The van der Waals surface area contributed by atoms with Crippen LogP contribution in [0.15, 0.2) is 54.6 Å². The number of amides is 1. The first-order valence-electron chi connectivity index (χ1n) is 14.5. The third-order valence-electron chi connectivity index (χ3n) is 8.06. The largest absolute Gasteiger partial charge is 0.468 e. The van der Waals surface area contributed by atoms with Gasteiger partial charge in [-0.05, 0) is 84.7 Å². The van der Waals surface area contributed by atoms with Crippen molar-refractivity contribution in [3.8, 4) is 0 Å². The van der Waals surface area contributed by atoms with Crippen LogP contribution < -0.4 is 0 Å². The smallest absolute Gasteiger partial charge is 0.293 e. The van der Waals surface area contributed by atoms with Gasteiger partial charge in [-0.2, -0.15) is 0 Å². The van der Waals surface area contributed by atoms with E-state index in [2.05, 4.69) is 59.2 Å². The van der Waals surface area contributed by atoms with Crippen molar-refractivity contribution in [2.24, 2.45) is 0 Å². The van der Waals surface area contributed by atoms with Crippen molar-refractivity contribution in [1.29, 1.82) is 0 Å². The number of carbonyl (C=O) groups is 2. The molecule has 0 N–H and O–H groups in total. The van der Waals surface area contributed by atoms with Gasteiger partial charge in [0.15, 0.2) is 0 Å². The molecule has 9 bridgehead atoms. The lowest BCUT2D eigenvalue weighted by Crippen LogP contribution is -2.36. The fourth-order valence-electron chi connectivity index (χ4n) is 5.83. The van der Waals surface area contributed by atoms with Crippen molar-refractivity contribution >= 4 is 23.4 Å². The molecule has 0 spiro atoms. The van der Waals surface area contributed by atoms with Crippen LogP contribution in [-0.2, 0) is 40.4 Å². The quantitative estimate of drug-likeness (QED) is 0.307. The van der Waals surface area contributed by atoms with Gasteiger partial charge < -0.3 is 14.4 Å². The maximum absolute atomic E-state index is 13.3. The van der Waals surface area contributed by atoms with Gasteiger partial charge >= 0.3 is 0 Å². The maximum atomic E-state index is 13.3. The Balaban J connectivity index is 0.000000623. The fourth-order valence-corrected chi connectivity index (χ4v) is 5.83. The summed E-state index contributed by atoms with van der Waals surface area (Å²) in [4.78, 5) is 24.5. The van der Waals surface area contributed by atoms with Crippen molar-refractivity contribution < 1.29 is 19.1 Å². The Hall–Kier alpha value is -4.04. The minimum Gasteiger partial charge on any atom is -0.468 e. The minimum atomic E-state index is 0.0973. The van der Waals surface area contributed by atoms with Crippen LogP contribution in [0.25, 0.3) is 11.0 Å². The number of aryl methyl sites for hydroxylation is 2. The van der Waals surface area contributed by atoms with Crippen molar-refractivity contribution in [3.05, 3.63) is 93.5 Å². The van der Waals surface area contributed by atoms with Crippen LogP contribution in [0.4, 0.5) is 0 Å². The van der Waals surface area contributed by atoms with Crippen LogP contribution in [0.1, 0.15) is 76.3 Å². The molecule has 3 aromatic carbocycles. The molecule has 0 saturated heterocycles. The van der Waals surface area contributed by atoms with Crippen LogP contribution in [-0.4, -0.2) is 52.0 Å². The fraction of sp³-hybridized carbons (Fsp3) is 0.394. The summed E-state index contributed by atoms with van der Waals surface area (Å²) in [5.41, 5.74) is 10.3. The zero-order chi connectivity index (χ0) is 28.8. The zero-order valence-corrected chi connectivity index (χ0v) is 24.1. The average Bonchev–Trinajstić information content (AvgIpc) is 3.42. The van der Waals surface area contributed by atoms with E-state index in [-0.39, 0.29) is 11.8 Å². The molecule has 214 valence electrons. The summed E-state index contributed by atoms with van der Waals surface area (Å²) in [6, 6.07) is 19.2. The number of hydrogen-bond donors (Lipinski definition) is 0. The molecule has 41 heavy (non-hydrogen) atoms. The predicted octanol–water partition coefficient (Wildman–Crippen LogP) is 5.58. The molecular weight excluding hydrogens is 516 g/mol. The Morgan fingerprint density at radius 3 is 2.61 bits per heavy atom. The van der Waals surface area contributed by atoms with E-state index in [0.717, 1.165) is 54.5 Å². The summed E-state index contributed by atoms with van der Waals surface area (Å²) in [6.45, 7) is 10.4. The topological polar surface area (TPSA) is 86.6 Å². The molecule has 8 heteroatoms. The third kappa shape index (κ3) is 6.17. The molecule has 0 saturated carbocycles. The SMILES string of the molecule is CCC1c2ccc3c(c2)CN(CC3)C(=O)c2ccc(cc2)COCCCn2nnc3c(C)c1ccc32.CCOC=O. The van der Waals surface area contributed by atoms with Crippen LogP contribution in [0.2, 0.25) is 0 Å². The number of ether oxygens (including phenoxy) is 2. The zero-order valence-electron chi connectivity index (χ0n) is 24.1. The maximum Gasteiger partial charge on any atom is 0.293 e. The van der Waals surface area contributed by atoms with Gasteiger partial charge in [-0.25, -0.2) is 4.68 Å². The first-order chi connectivity index (χ1) is 20.0. The van der Waals surface area contributed by atoms with Gasteiger partial charge in [0.1, 0.15) is 5.52 Å². The Bertz CT molecular complexity index is 1510. The van der Waals surface area contributed by atoms with Gasteiger partial charge in [-0.1, -0.05) is 48.5 Å². The van der Waals surface area contributed by atoms with Crippen molar-refractivity contribution in [2.45, 2.75) is 65.6 Å². The van der Waals surface area contributed by atoms with Crippen molar-refractivity contribution in [3.63, 3.8) is 0 Å². The Labute approximate surface area is 241 Å². The van der Waals surface area contributed by atoms with Crippen LogP contribution in [0.3, 0.4) is 0 Å². The van der Waals surface area contributed by atoms with Gasteiger partial charge in [0.25, 0.3) is 12.4 Å².